The molecule has 0 fully saturated rings. The second kappa shape index (κ2) is 7.97. The molecule has 0 bridgehead atoms. The molecule has 0 aliphatic heterocycles. The zero-order chi connectivity index (χ0) is 20.4. The lowest BCUT2D eigenvalue weighted by Crippen LogP contribution is -2.13. The van der Waals surface area contributed by atoms with Gasteiger partial charge < -0.3 is 4.74 Å². The average molecular weight is 404 g/mol. The summed E-state index contributed by atoms with van der Waals surface area (Å²) in [7, 11) is 1.63. The summed E-state index contributed by atoms with van der Waals surface area (Å²) in [5.74, 6) is 0.802. The van der Waals surface area contributed by atoms with Crippen LogP contribution in [0.15, 0.2) is 54.6 Å². The smallest absolute Gasteiger partial charge is 0.258 e. The van der Waals surface area contributed by atoms with E-state index in [1.807, 2.05) is 68.4 Å². The molecule has 0 saturated heterocycles. The van der Waals surface area contributed by atoms with Crippen molar-refractivity contribution in [1.82, 2.24) is 15.2 Å². The molecule has 146 valence electrons. The van der Waals surface area contributed by atoms with E-state index in [1.54, 1.807) is 7.11 Å². The van der Waals surface area contributed by atoms with Gasteiger partial charge in [0.15, 0.2) is 0 Å². The molecule has 2 heterocycles. The van der Waals surface area contributed by atoms with Gasteiger partial charge in [0.2, 0.25) is 5.13 Å². The molecule has 0 aliphatic carbocycles. The Morgan fingerprint density at radius 1 is 1.07 bits per heavy atom. The molecule has 0 spiro atoms. The first kappa shape index (κ1) is 19.0. The van der Waals surface area contributed by atoms with Crippen LogP contribution in [0.5, 0.6) is 5.75 Å². The molecule has 0 unspecified atom stereocenters. The van der Waals surface area contributed by atoms with Gasteiger partial charge in [-0.2, -0.15) is 0 Å². The summed E-state index contributed by atoms with van der Waals surface area (Å²) in [5, 5.41) is 13.3. The van der Waals surface area contributed by atoms with Crippen molar-refractivity contribution in [2.24, 2.45) is 0 Å². The Balaban J connectivity index is 1.74. The number of rotatable bonds is 5. The third-order valence-corrected chi connectivity index (χ3v) is 5.64. The Morgan fingerprint density at radius 2 is 1.83 bits per heavy atom. The molecule has 7 heteroatoms. The maximum atomic E-state index is 13.1. The topological polar surface area (TPSA) is 77.0 Å². The van der Waals surface area contributed by atoms with Crippen molar-refractivity contribution in [3.05, 3.63) is 65.2 Å². The molecule has 4 aromatic rings. The van der Waals surface area contributed by atoms with Crippen molar-refractivity contribution >= 4 is 33.3 Å². The van der Waals surface area contributed by atoms with E-state index in [9.17, 15) is 4.79 Å². The molecule has 2 aromatic heterocycles. The van der Waals surface area contributed by atoms with Gasteiger partial charge in [0.05, 0.1) is 23.9 Å². The Kier molecular flexibility index (Phi) is 5.22. The van der Waals surface area contributed by atoms with Crippen LogP contribution >= 0.6 is 11.3 Å². The van der Waals surface area contributed by atoms with Crippen LogP contribution in [0.1, 0.15) is 35.1 Å². The number of aromatic nitrogens is 3. The lowest BCUT2D eigenvalue weighted by atomic mass is 10.0. The van der Waals surface area contributed by atoms with Crippen LogP contribution in [-0.4, -0.2) is 28.2 Å². The molecule has 6 nitrogen and oxygen atoms in total. The van der Waals surface area contributed by atoms with Gasteiger partial charge >= 0.3 is 0 Å². The Labute approximate surface area is 172 Å². The molecule has 4 rings (SSSR count). The minimum atomic E-state index is -0.232. The van der Waals surface area contributed by atoms with Crippen LogP contribution in [0.25, 0.3) is 22.2 Å². The van der Waals surface area contributed by atoms with Crippen LogP contribution in [-0.2, 0) is 0 Å². The maximum Gasteiger partial charge on any atom is 0.258 e. The number of nitrogens with zero attached hydrogens (tertiary/aromatic N) is 3. The molecular weight excluding hydrogens is 384 g/mol. The number of carbonyl (C=O) groups is 1. The van der Waals surface area contributed by atoms with E-state index in [0.29, 0.717) is 10.7 Å². The normalized spacial score (nSPS) is 11.0. The zero-order valence-electron chi connectivity index (χ0n) is 16.3. The Hall–Kier alpha value is -3.32. The number of amides is 1. The fourth-order valence-corrected chi connectivity index (χ4v) is 3.70. The van der Waals surface area contributed by atoms with E-state index >= 15 is 0 Å². The highest BCUT2D eigenvalue weighted by Crippen LogP contribution is 2.28. The number of anilines is 1. The van der Waals surface area contributed by atoms with Crippen molar-refractivity contribution in [2.45, 2.75) is 19.8 Å². The van der Waals surface area contributed by atoms with Crippen LogP contribution < -0.4 is 10.1 Å². The van der Waals surface area contributed by atoms with Crippen molar-refractivity contribution in [2.75, 3.05) is 12.4 Å². The fourth-order valence-electron chi connectivity index (χ4n) is 2.96. The Morgan fingerprint density at radius 3 is 2.52 bits per heavy atom. The zero-order valence-corrected chi connectivity index (χ0v) is 17.2. The predicted octanol–water partition coefficient (Wildman–Crippen LogP) is 5.14. The summed E-state index contributed by atoms with van der Waals surface area (Å²) in [4.78, 5) is 17.8. The van der Waals surface area contributed by atoms with E-state index in [4.69, 9.17) is 9.72 Å². The molecule has 1 N–H and O–H groups in total. The Bertz CT molecular complexity index is 1170. The number of fused-ring (bicyclic) bond motifs is 1. The van der Waals surface area contributed by atoms with Crippen LogP contribution in [0.2, 0.25) is 0 Å². The molecular formula is C22H20N4O2S. The summed E-state index contributed by atoms with van der Waals surface area (Å²) < 4.78 is 5.23. The van der Waals surface area contributed by atoms with Crippen molar-refractivity contribution in [3.63, 3.8) is 0 Å². The SMILES string of the molecule is COc1ccc(-c2cc(C(=O)Nc3nnc(C(C)C)s3)c3ccccc3n2)cc1. The van der Waals surface area contributed by atoms with E-state index in [1.165, 1.54) is 11.3 Å². The standard InChI is InChI=1S/C22H20N4O2S/c1-13(2)21-25-26-22(29-21)24-20(27)17-12-19(14-8-10-15(28-3)11-9-14)23-18-7-5-4-6-16(17)18/h4-13H,1-3H3,(H,24,26,27). The van der Waals surface area contributed by atoms with E-state index in [-0.39, 0.29) is 11.8 Å². The van der Waals surface area contributed by atoms with Crippen molar-refractivity contribution < 1.29 is 9.53 Å². The minimum Gasteiger partial charge on any atom is -0.497 e. The number of hydrogen-bond acceptors (Lipinski definition) is 6. The van der Waals surface area contributed by atoms with Crippen LogP contribution in [0.4, 0.5) is 5.13 Å². The number of para-hydroxylation sites is 1. The third kappa shape index (κ3) is 3.95. The first-order valence-corrected chi connectivity index (χ1v) is 10.1. The number of pyridine rings is 1. The van der Waals surface area contributed by atoms with Crippen LogP contribution in [0.3, 0.4) is 0 Å². The molecule has 0 radical (unpaired) electrons. The highest BCUT2D eigenvalue weighted by molar-refractivity contribution is 7.15. The second-order valence-corrected chi connectivity index (χ2v) is 7.86. The summed E-state index contributed by atoms with van der Waals surface area (Å²) in [6.45, 7) is 4.09. The van der Waals surface area contributed by atoms with E-state index < -0.39 is 0 Å². The summed E-state index contributed by atoms with van der Waals surface area (Å²) in [5.41, 5.74) is 2.93. The lowest BCUT2D eigenvalue weighted by Gasteiger charge is -2.10. The average Bonchev–Trinajstić information content (AvgIpc) is 3.22. The highest BCUT2D eigenvalue weighted by Gasteiger charge is 2.16. The summed E-state index contributed by atoms with van der Waals surface area (Å²) >= 11 is 1.39. The summed E-state index contributed by atoms with van der Waals surface area (Å²) in [6.07, 6.45) is 0. The number of carbonyl (C=O) groups excluding carboxylic acids is 1. The van der Waals surface area contributed by atoms with Gasteiger partial charge in [-0.15, -0.1) is 10.2 Å². The highest BCUT2D eigenvalue weighted by atomic mass is 32.1. The molecule has 0 aliphatic rings. The monoisotopic (exact) mass is 404 g/mol. The number of benzene rings is 2. The van der Waals surface area contributed by atoms with E-state index in [0.717, 1.165) is 32.9 Å². The van der Waals surface area contributed by atoms with Crippen LogP contribution in [0, 0.1) is 0 Å². The predicted molar refractivity (Wildman–Crippen MR) is 116 cm³/mol. The van der Waals surface area contributed by atoms with Gasteiger partial charge in [0.25, 0.3) is 5.91 Å². The van der Waals surface area contributed by atoms with Gasteiger partial charge in [-0.05, 0) is 36.4 Å². The largest absolute Gasteiger partial charge is 0.497 e. The number of nitrogens with one attached hydrogen (secondary N) is 1. The first-order chi connectivity index (χ1) is 14.0. The fraction of sp³-hybridized carbons (Fsp3) is 0.182. The van der Waals surface area contributed by atoms with Gasteiger partial charge in [0.1, 0.15) is 10.8 Å². The van der Waals surface area contributed by atoms with Crippen molar-refractivity contribution in [1.29, 1.82) is 0 Å². The molecule has 0 atom stereocenters. The minimum absolute atomic E-state index is 0.232. The summed E-state index contributed by atoms with van der Waals surface area (Å²) in [6, 6.07) is 17.0. The first-order valence-electron chi connectivity index (χ1n) is 9.24. The van der Waals surface area contributed by atoms with Gasteiger partial charge in [-0.1, -0.05) is 43.4 Å². The van der Waals surface area contributed by atoms with Gasteiger partial charge in [0, 0.05) is 16.9 Å². The van der Waals surface area contributed by atoms with Gasteiger partial charge in [-0.3, -0.25) is 10.1 Å². The van der Waals surface area contributed by atoms with Gasteiger partial charge in [-0.25, -0.2) is 4.98 Å². The number of hydrogen-bond donors (Lipinski definition) is 1. The lowest BCUT2D eigenvalue weighted by molar-refractivity contribution is 0.102. The third-order valence-electron chi connectivity index (χ3n) is 4.50. The second-order valence-electron chi connectivity index (χ2n) is 6.85. The molecule has 2 aromatic carbocycles. The van der Waals surface area contributed by atoms with E-state index in [2.05, 4.69) is 15.5 Å². The quantitative estimate of drug-likeness (QED) is 0.498. The molecule has 1 amide bonds. The molecule has 0 saturated carbocycles. The maximum absolute atomic E-state index is 13.1. The van der Waals surface area contributed by atoms with Crippen molar-refractivity contribution in [3.8, 4) is 17.0 Å². The number of methoxy groups -OCH3 is 1. The number of ether oxygens (including phenoxy) is 1. The molecule has 29 heavy (non-hydrogen) atoms.